The third kappa shape index (κ3) is 181. The molecule has 0 aromatic carbocycles. The molecule has 0 aliphatic carbocycles. The van der Waals surface area contributed by atoms with Gasteiger partial charge in [-0.05, 0) is 21.1 Å². The number of nitrogens with zero attached hydrogens (tertiary/aromatic N) is 1. The van der Waals surface area contributed by atoms with Crippen LogP contribution in [0.15, 0.2) is 0 Å². The summed E-state index contributed by atoms with van der Waals surface area (Å²) in [7, 11) is 6.00. The average molecular weight is 121 g/mol. The van der Waals surface area contributed by atoms with Gasteiger partial charge in [-0.3, -0.25) is 0 Å². The van der Waals surface area contributed by atoms with Crippen LogP contribution in [-0.4, -0.2) is 44.7 Å². The molecule has 52 valence electrons. The molecule has 3 heteroatoms. The van der Waals surface area contributed by atoms with E-state index < -0.39 is 0 Å². The van der Waals surface area contributed by atoms with Crippen LogP contribution < -0.4 is 0 Å². The van der Waals surface area contributed by atoms with Crippen LogP contribution in [0.1, 0.15) is 0 Å². The number of rotatable bonds is 0. The molecular formula is C5H15NO2. The standard InChI is InChI=1S/C3H9N.C2H4O.H2O/c1-4(2)3;1-2-3-1;/h1-3H3;1-2H2;1H2. The van der Waals surface area contributed by atoms with E-state index in [1.165, 1.54) is 0 Å². The molecule has 0 unspecified atom stereocenters. The molecule has 0 amide bonds. The maximum absolute atomic E-state index is 4.50. The smallest absolute Gasteiger partial charge is 0.0701 e. The van der Waals surface area contributed by atoms with E-state index in [0.29, 0.717) is 0 Å². The molecule has 0 radical (unpaired) electrons. The molecule has 0 bridgehead atoms. The third-order valence-corrected chi connectivity index (χ3v) is 0.204. The van der Waals surface area contributed by atoms with Crippen molar-refractivity contribution in [1.82, 2.24) is 4.90 Å². The second kappa shape index (κ2) is 6.88. The molecule has 1 rings (SSSR count). The Kier molecular flexibility index (Phi) is 9.28. The van der Waals surface area contributed by atoms with Crippen LogP contribution in [0.25, 0.3) is 0 Å². The Bertz CT molecular complexity index is 31.9. The van der Waals surface area contributed by atoms with Crippen LogP contribution in [-0.2, 0) is 4.74 Å². The summed E-state index contributed by atoms with van der Waals surface area (Å²) in [6.07, 6.45) is 0. The molecule has 0 atom stereocenters. The zero-order chi connectivity index (χ0) is 5.70. The minimum absolute atomic E-state index is 0. The van der Waals surface area contributed by atoms with Crippen LogP contribution >= 0.6 is 0 Å². The van der Waals surface area contributed by atoms with Gasteiger partial charge in [0, 0.05) is 0 Å². The maximum atomic E-state index is 4.50. The van der Waals surface area contributed by atoms with E-state index in [1.54, 1.807) is 0 Å². The normalized spacial score (nSPS) is 13.5. The Balaban J connectivity index is 0. The van der Waals surface area contributed by atoms with E-state index in [2.05, 4.69) is 4.74 Å². The highest BCUT2D eigenvalue weighted by Gasteiger charge is 1.94. The first-order chi connectivity index (χ1) is 3.23. The van der Waals surface area contributed by atoms with Gasteiger partial charge in [-0.15, -0.1) is 0 Å². The van der Waals surface area contributed by atoms with Crippen molar-refractivity contribution in [3.63, 3.8) is 0 Å². The van der Waals surface area contributed by atoms with Crippen molar-refractivity contribution in [3.05, 3.63) is 0 Å². The van der Waals surface area contributed by atoms with Crippen LogP contribution in [0.3, 0.4) is 0 Å². The summed E-state index contributed by atoms with van der Waals surface area (Å²) >= 11 is 0. The predicted octanol–water partition coefficient (Wildman–Crippen LogP) is -0.630. The molecule has 3 nitrogen and oxygen atoms in total. The first-order valence-corrected chi connectivity index (χ1v) is 2.42. The van der Waals surface area contributed by atoms with Crippen molar-refractivity contribution in [2.45, 2.75) is 0 Å². The molecule has 1 aliphatic heterocycles. The van der Waals surface area contributed by atoms with Gasteiger partial charge >= 0.3 is 0 Å². The van der Waals surface area contributed by atoms with Crippen LogP contribution in [0, 0.1) is 0 Å². The molecule has 1 saturated heterocycles. The summed E-state index contributed by atoms with van der Waals surface area (Å²) in [5, 5.41) is 0. The summed E-state index contributed by atoms with van der Waals surface area (Å²) in [4.78, 5) is 2.00. The van der Waals surface area contributed by atoms with Gasteiger partial charge in [-0.2, -0.15) is 0 Å². The summed E-state index contributed by atoms with van der Waals surface area (Å²) in [6.45, 7) is 2.00. The molecule has 1 fully saturated rings. The second-order valence-corrected chi connectivity index (χ2v) is 1.95. The highest BCUT2D eigenvalue weighted by molar-refractivity contribution is 4.36. The summed E-state index contributed by atoms with van der Waals surface area (Å²) < 4.78 is 4.50. The van der Waals surface area contributed by atoms with E-state index in [1.807, 2.05) is 26.0 Å². The van der Waals surface area contributed by atoms with E-state index in [-0.39, 0.29) is 5.48 Å². The highest BCUT2D eigenvalue weighted by atomic mass is 16.6. The van der Waals surface area contributed by atoms with E-state index >= 15 is 0 Å². The van der Waals surface area contributed by atoms with Gasteiger partial charge in [0.1, 0.15) is 0 Å². The van der Waals surface area contributed by atoms with E-state index in [9.17, 15) is 0 Å². The fourth-order valence-corrected chi connectivity index (χ4v) is 0. The minimum atomic E-state index is 0. The van der Waals surface area contributed by atoms with Crippen molar-refractivity contribution < 1.29 is 10.2 Å². The first kappa shape index (κ1) is 10.8. The lowest BCUT2D eigenvalue weighted by atomic mass is 11.0. The lowest BCUT2D eigenvalue weighted by Crippen LogP contribution is -1.99. The van der Waals surface area contributed by atoms with E-state index in [4.69, 9.17) is 0 Å². The monoisotopic (exact) mass is 121 g/mol. The average Bonchev–Trinajstić information content (AvgIpc) is 2.02. The Morgan fingerprint density at radius 3 is 1.25 bits per heavy atom. The number of epoxide rings is 1. The van der Waals surface area contributed by atoms with Crippen molar-refractivity contribution in [2.24, 2.45) is 0 Å². The van der Waals surface area contributed by atoms with E-state index in [0.717, 1.165) is 13.2 Å². The third-order valence-electron chi connectivity index (χ3n) is 0.204. The largest absolute Gasteiger partial charge is 0.412 e. The van der Waals surface area contributed by atoms with Gasteiger partial charge < -0.3 is 15.1 Å². The molecule has 1 heterocycles. The van der Waals surface area contributed by atoms with Crippen molar-refractivity contribution in [2.75, 3.05) is 34.4 Å². The number of hydrogen-bond acceptors (Lipinski definition) is 2. The first-order valence-electron chi connectivity index (χ1n) is 2.42. The van der Waals surface area contributed by atoms with Crippen LogP contribution in [0.5, 0.6) is 0 Å². The van der Waals surface area contributed by atoms with Gasteiger partial charge in [0.2, 0.25) is 0 Å². The zero-order valence-electron chi connectivity index (χ0n) is 5.77. The Hall–Kier alpha value is -0.120. The molecule has 0 spiro atoms. The highest BCUT2D eigenvalue weighted by Crippen LogP contribution is 1.84. The summed E-state index contributed by atoms with van der Waals surface area (Å²) in [6, 6.07) is 0. The SMILES string of the molecule is C1CO1.CN(C)C.O. The number of hydrogen-bond donors (Lipinski definition) is 0. The molecule has 2 N–H and O–H groups in total. The van der Waals surface area contributed by atoms with Gasteiger partial charge in [-0.25, -0.2) is 0 Å². The Morgan fingerprint density at radius 1 is 1.12 bits per heavy atom. The summed E-state index contributed by atoms with van der Waals surface area (Å²) in [5.74, 6) is 0. The zero-order valence-corrected chi connectivity index (χ0v) is 5.77. The van der Waals surface area contributed by atoms with Crippen molar-refractivity contribution in [3.8, 4) is 0 Å². The molecule has 0 aromatic heterocycles. The van der Waals surface area contributed by atoms with Gasteiger partial charge in [-0.1, -0.05) is 0 Å². The Morgan fingerprint density at radius 2 is 1.25 bits per heavy atom. The van der Waals surface area contributed by atoms with Crippen LogP contribution in [0.2, 0.25) is 0 Å². The maximum Gasteiger partial charge on any atom is 0.0701 e. The van der Waals surface area contributed by atoms with Gasteiger partial charge in [0.05, 0.1) is 13.2 Å². The topological polar surface area (TPSA) is 47.3 Å². The van der Waals surface area contributed by atoms with Crippen molar-refractivity contribution in [1.29, 1.82) is 0 Å². The second-order valence-electron chi connectivity index (χ2n) is 1.95. The van der Waals surface area contributed by atoms with Gasteiger partial charge in [0.15, 0.2) is 0 Å². The van der Waals surface area contributed by atoms with Gasteiger partial charge in [0.25, 0.3) is 0 Å². The molecule has 1 aliphatic rings. The summed E-state index contributed by atoms with van der Waals surface area (Å²) in [5.41, 5.74) is 0. The van der Waals surface area contributed by atoms with Crippen LogP contribution in [0.4, 0.5) is 0 Å². The van der Waals surface area contributed by atoms with Crippen molar-refractivity contribution >= 4 is 0 Å². The molecule has 0 saturated carbocycles. The fourth-order valence-electron chi connectivity index (χ4n) is 0. The Labute approximate surface area is 50.6 Å². The fraction of sp³-hybridized carbons (Fsp3) is 1.00. The lowest BCUT2D eigenvalue weighted by Gasteiger charge is -1.90. The minimum Gasteiger partial charge on any atom is -0.412 e. The molecule has 8 heavy (non-hydrogen) atoms. The number of ether oxygens (including phenoxy) is 1. The lowest BCUT2D eigenvalue weighted by molar-refractivity contribution is 0.475. The molecular weight excluding hydrogens is 106 g/mol. The quantitative estimate of drug-likeness (QED) is 0.401. The predicted molar refractivity (Wildman–Crippen MR) is 34.0 cm³/mol. The molecule has 0 aromatic rings.